The van der Waals surface area contributed by atoms with Gasteiger partial charge in [-0.1, -0.05) is 28.9 Å². The molecular weight excluding hydrogens is 294 g/mol. The normalized spacial score (nSPS) is 10.7. The fourth-order valence-corrected chi connectivity index (χ4v) is 2.15. The summed E-state index contributed by atoms with van der Waals surface area (Å²) in [6.45, 7) is 0.347. The molecule has 0 saturated heterocycles. The fraction of sp³-hybridized carbons (Fsp3) is 0.0769. The van der Waals surface area contributed by atoms with E-state index in [0.29, 0.717) is 12.4 Å². The second kappa shape index (κ2) is 5.37. The molecule has 8 heteroatoms. The molecule has 0 bridgehead atoms. The molecule has 7 nitrogen and oxygen atoms in total. The van der Waals surface area contributed by atoms with E-state index in [9.17, 15) is 10.1 Å². The first-order chi connectivity index (χ1) is 10.1. The van der Waals surface area contributed by atoms with Crippen LogP contribution in [0.25, 0.3) is 11.0 Å². The summed E-state index contributed by atoms with van der Waals surface area (Å²) < 4.78 is 1.68. The van der Waals surface area contributed by atoms with Crippen LogP contribution < -0.4 is 5.32 Å². The molecule has 106 valence electrons. The van der Waals surface area contributed by atoms with Gasteiger partial charge in [-0.2, -0.15) is 0 Å². The summed E-state index contributed by atoms with van der Waals surface area (Å²) in [5, 5.41) is 22.1. The maximum Gasteiger partial charge on any atom is 0.289 e. The Kier molecular flexibility index (Phi) is 3.41. The van der Waals surface area contributed by atoms with E-state index in [2.05, 4.69) is 15.6 Å². The van der Waals surface area contributed by atoms with Gasteiger partial charge >= 0.3 is 0 Å². The maximum absolute atomic E-state index is 10.8. The zero-order valence-corrected chi connectivity index (χ0v) is 11.5. The summed E-state index contributed by atoms with van der Waals surface area (Å²) in [6.07, 6.45) is 0. The first kappa shape index (κ1) is 13.3. The van der Waals surface area contributed by atoms with Crippen LogP contribution in [0, 0.1) is 10.1 Å². The van der Waals surface area contributed by atoms with E-state index in [1.54, 1.807) is 10.7 Å². The third-order valence-corrected chi connectivity index (χ3v) is 3.32. The predicted molar refractivity (Wildman–Crippen MR) is 79.3 cm³/mol. The zero-order valence-electron chi connectivity index (χ0n) is 10.7. The first-order valence-corrected chi connectivity index (χ1v) is 6.49. The van der Waals surface area contributed by atoms with Crippen LogP contribution in [0.4, 0.5) is 11.4 Å². The molecule has 0 unspecified atom stereocenters. The Hall–Kier alpha value is -2.67. The van der Waals surface area contributed by atoms with Crippen LogP contribution in [-0.4, -0.2) is 19.9 Å². The number of nitrogens with zero attached hydrogens (tertiary/aromatic N) is 4. The summed E-state index contributed by atoms with van der Waals surface area (Å²) in [5.41, 5.74) is 2.13. The van der Waals surface area contributed by atoms with Gasteiger partial charge in [0.05, 0.1) is 10.4 Å². The number of nitro benzene ring substituents is 1. The number of para-hydroxylation sites is 1. The molecule has 0 spiro atoms. The highest BCUT2D eigenvalue weighted by atomic mass is 35.5. The van der Waals surface area contributed by atoms with Gasteiger partial charge in [-0.15, -0.1) is 5.10 Å². The number of aromatic nitrogens is 3. The average Bonchev–Trinajstić information content (AvgIpc) is 2.89. The highest BCUT2D eigenvalue weighted by molar-refractivity contribution is 6.32. The third kappa shape index (κ3) is 2.63. The number of hydrogen-bond donors (Lipinski definition) is 1. The van der Waals surface area contributed by atoms with Crippen LogP contribution in [-0.2, 0) is 6.67 Å². The van der Waals surface area contributed by atoms with Gasteiger partial charge in [-0.05, 0) is 24.3 Å². The Labute approximate surface area is 124 Å². The zero-order chi connectivity index (χ0) is 14.8. The minimum atomic E-state index is -0.515. The van der Waals surface area contributed by atoms with Gasteiger partial charge in [0, 0.05) is 11.8 Å². The van der Waals surface area contributed by atoms with Crippen LogP contribution >= 0.6 is 11.6 Å². The van der Waals surface area contributed by atoms with E-state index in [-0.39, 0.29) is 10.7 Å². The number of rotatable bonds is 4. The van der Waals surface area contributed by atoms with E-state index in [0.717, 1.165) is 11.0 Å². The number of nitro groups is 1. The second-order valence-electron chi connectivity index (χ2n) is 4.34. The van der Waals surface area contributed by atoms with E-state index in [1.165, 1.54) is 12.1 Å². The Morgan fingerprint density at radius 1 is 1.29 bits per heavy atom. The summed E-state index contributed by atoms with van der Waals surface area (Å²) in [5.74, 6) is 0. The Balaban J connectivity index is 1.82. The summed E-state index contributed by atoms with van der Waals surface area (Å²) in [4.78, 5) is 10.3. The highest BCUT2D eigenvalue weighted by Crippen LogP contribution is 2.27. The minimum Gasteiger partial charge on any atom is -0.366 e. The lowest BCUT2D eigenvalue weighted by molar-refractivity contribution is -0.384. The SMILES string of the molecule is O=[N+]([O-])c1cc(NCn2nnc3ccccc32)ccc1Cl. The molecule has 0 saturated carbocycles. The molecule has 21 heavy (non-hydrogen) atoms. The van der Waals surface area contributed by atoms with Crippen LogP contribution in [0.2, 0.25) is 5.02 Å². The third-order valence-electron chi connectivity index (χ3n) is 3.00. The Bertz CT molecular complexity index is 817. The van der Waals surface area contributed by atoms with Gasteiger partial charge in [-0.3, -0.25) is 10.1 Å². The van der Waals surface area contributed by atoms with E-state index in [1.807, 2.05) is 24.3 Å². The molecule has 0 aliphatic carbocycles. The average molecular weight is 304 g/mol. The minimum absolute atomic E-state index is 0.108. The van der Waals surface area contributed by atoms with Crippen molar-refractivity contribution < 1.29 is 4.92 Å². The molecule has 1 aromatic heterocycles. The predicted octanol–water partition coefficient (Wildman–Crippen LogP) is 3.06. The summed E-state index contributed by atoms with van der Waals surface area (Å²) in [7, 11) is 0. The van der Waals surface area contributed by atoms with Crippen LogP contribution in [0.15, 0.2) is 42.5 Å². The molecule has 0 aliphatic rings. The standard InChI is InChI=1S/C13H10ClN5O2/c14-10-6-5-9(7-13(10)19(20)21)15-8-18-12-4-2-1-3-11(12)16-17-18/h1-7,15H,8H2. The van der Waals surface area contributed by atoms with Crippen LogP contribution in [0.1, 0.15) is 0 Å². The lowest BCUT2D eigenvalue weighted by Crippen LogP contribution is -2.09. The number of fused-ring (bicyclic) bond motifs is 1. The first-order valence-electron chi connectivity index (χ1n) is 6.11. The van der Waals surface area contributed by atoms with Crippen molar-refractivity contribution in [3.05, 3.63) is 57.6 Å². The second-order valence-corrected chi connectivity index (χ2v) is 4.74. The molecule has 1 heterocycles. The van der Waals surface area contributed by atoms with E-state index in [4.69, 9.17) is 11.6 Å². The monoisotopic (exact) mass is 303 g/mol. The van der Waals surface area contributed by atoms with Crippen molar-refractivity contribution >= 4 is 34.0 Å². The van der Waals surface area contributed by atoms with Gasteiger partial charge in [0.2, 0.25) is 0 Å². The number of benzene rings is 2. The molecule has 0 atom stereocenters. The lowest BCUT2D eigenvalue weighted by atomic mass is 10.3. The maximum atomic E-state index is 10.8. The van der Waals surface area contributed by atoms with E-state index >= 15 is 0 Å². The molecular formula is C13H10ClN5O2. The highest BCUT2D eigenvalue weighted by Gasteiger charge is 2.12. The van der Waals surface area contributed by atoms with E-state index < -0.39 is 4.92 Å². The topological polar surface area (TPSA) is 85.9 Å². The van der Waals surface area contributed by atoms with Crippen molar-refractivity contribution in [3.8, 4) is 0 Å². The van der Waals surface area contributed by atoms with Crippen LogP contribution in [0.5, 0.6) is 0 Å². The molecule has 3 rings (SSSR count). The largest absolute Gasteiger partial charge is 0.366 e. The van der Waals surface area contributed by atoms with Gasteiger partial charge in [0.1, 0.15) is 17.2 Å². The van der Waals surface area contributed by atoms with Gasteiger partial charge in [0.15, 0.2) is 0 Å². The molecule has 0 fully saturated rings. The molecule has 2 aromatic carbocycles. The van der Waals surface area contributed by atoms with Crippen molar-refractivity contribution in [2.45, 2.75) is 6.67 Å². The number of halogens is 1. The van der Waals surface area contributed by atoms with Gasteiger partial charge < -0.3 is 5.32 Å². The molecule has 0 radical (unpaired) electrons. The number of anilines is 1. The number of hydrogen-bond acceptors (Lipinski definition) is 5. The van der Waals surface area contributed by atoms with Crippen molar-refractivity contribution in [2.24, 2.45) is 0 Å². The van der Waals surface area contributed by atoms with Crippen molar-refractivity contribution in [1.82, 2.24) is 15.0 Å². The summed E-state index contributed by atoms with van der Waals surface area (Å²) in [6, 6.07) is 12.1. The van der Waals surface area contributed by atoms with Gasteiger partial charge in [0.25, 0.3) is 5.69 Å². The molecule has 3 aromatic rings. The molecule has 0 amide bonds. The van der Waals surface area contributed by atoms with Crippen LogP contribution in [0.3, 0.4) is 0 Å². The van der Waals surface area contributed by atoms with Crippen molar-refractivity contribution in [1.29, 1.82) is 0 Å². The van der Waals surface area contributed by atoms with Crippen molar-refractivity contribution in [2.75, 3.05) is 5.32 Å². The quantitative estimate of drug-likeness (QED) is 0.591. The smallest absolute Gasteiger partial charge is 0.289 e. The summed E-state index contributed by atoms with van der Waals surface area (Å²) >= 11 is 5.77. The number of nitrogens with one attached hydrogen (secondary N) is 1. The Morgan fingerprint density at radius 2 is 2.10 bits per heavy atom. The fourth-order valence-electron chi connectivity index (χ4n) is 1.96. The van der Waals surface area contributed by atoms with Crippen molar-refractivity contribution in [3.63, 3.8) is 0 Å². The van der Waals surface area contributed by atoms with Gasteiger partial charge in [-0.25, -0.2) is 4.68 Å². The molecule has 1 N–H and O–H groups in total. The Morgan fingerprint density at radius 3 is 2.90 bits per heavy atom. The lowest BCUT2D eigenvalue weighted by Gasteiger charge is -2.07. The molecule has 0 aliphatic heterocycles.